The molecule has 0 radical (unpaired) electrons. The molecule has 51 heavy (non-hydrogen) atoms. The Bertz CT molecular complexity index is 2220. The first-order chi connectivity index (χ1) is 23.9. The monoisotopic (exact) mass is 785 g/mol. The quantitative estimate of drug-likeness (QED) is 0.0545. The molecule has 0 aromatic carbocycles. The van der Waals surface area contributed by atoms with Gasteiger partial charge in [-0.15, -0.1) is 0 Å². The standard InChI is InChI=1S/C22H31N10O16P3/c1-30-8-32(17-13(30)19(35)29-22(24)27-17)20-14(33)15(42-2)10(46-20)6-44-50(38,39)48-51(40,41)47-49(36,37)43-5-9-3-4-11(45-9)31-7-25-12-16(31)26-21(23)28-18(12)34/h7-11,14-15,20,33H,3-6H2,1-2H3,(H8-,23,24,26,27,28,29,34,35,36,37,38,39,40,41)/p+1/t9-,10+,11+,14?,15?,20+/m0/s1. The second-order valence-corrected chi connectivity index (χ2v) is 15.9. The van der Waals surface area contributed by atoms with Crippen molar-refractivity contribution in [3.8, 4) is 0 Å². The highest BCUT2D eigenvalue weighted by molar-refractivity contribution is 7.66. The number of hydrogen-bond donors (Lipinski definition) is 8. The summed E-state index contributed by atoms with van der Waals surface area (Å²) in [7, 11) is -14.1. The van der Waals surface area contributed by atoms with Gasteiger partial charge in [-0.3, -0.25) is 37.7 Å². The SMILES string of the molecule is COC1C(O)[C@H]([n+]2cn(C)c3c(=O)[nH]c(N)nc32)O[C@@H]1COP(=O)(O)OP(=O)(O)OP(=O)(O)OC[C@@H]1CC[C@H](n2cnc3c(=O)[nH]c(N)nc32)O1. The van der Waals surface area contributed by atoms with Gasteiger partial charge in [-0.05, 0) is 12.8 Å². The van der Waals surface area contributed by atoms with Gasteiger partial charge in [0.2, 0.25) is 17.7 Å². The maximum absolute atomic E-state index is 12.6. The summed E-state index contributed by atoms with van der Waals surface area (Å²) >= 11 is 0. The number of rotatable bonds is 13. The molecule has 0 bridgehead atoms. The van der Waals surface area contributed by atoms with Gasteiger partial charge in [0.05, 0.1) is 32.7 Å². The normalized spacial score (nSPS) is 27.5. The minimum Gasteiger partial charge on any atom is -0.384 e. The molecule has 4 aromatic rings. The summed E-state index contributed by atoms with van der Waals surface area (Å²) in [6.45, 7) is -1.54. The zero-order chi connectivity index (χ0) is 37.0. The lowest BCUT2D eigenvalue weighted by Crippen LogP contribution is -2.46. The molecule has 29 heteroatoms. The number of phosphoric ester groups is 2. The van der Waals surface area contributed by atoms with Gasteiger partial charge in [0.1, 0.15) is 24.5 Å². The van der Waals surface area contributed by atoms with Gasteiger partial charge < -0.3 is 45.5 Å². The van der Waals surface area contributed by atoms with Crippen LogP contribution in [0.25, 0.3) is 22.3 Å². The zero-order valence-corrected chi connectivity index (χ0v) is 29.0. The molecule has 0 spiro atoms. The van der Waals surface area contributed by atoms with Crippen molar-refractivity contribution >= 4 is 57.7 Å². The van der Waals surface area contributed by atoms with Crippen LogP contribution < -0.4 is 27.2 Å². The van der Waals surface area contributed by atoms with Gasteiger partial charge in [-0.25, -0.2) is 23.2 Å². The fourth-order valence-corrected chi connectivity index (χ4v) is 9.21. The average Bonchev–Trinajstić information content (AvgIpc) is 3.78. The maximum Gasteiger partial charge on any atom is 0.490 e. The van der Waals surface area contributed by atoms with Gasteiger partial charge in [0, 0.05) is 7.11 Å². The van der Waals surface area contributed by atoms with E-state index in [1.807, 2.05) is 0 Å². The molecule has 2 fully saturated rings. The van der Waals surface area contributed by atoms with Crippen LogP contribution in [-0.4, -0.2) is 98.6 Å². The van der Waals surface area contributed by atoms with Crippen molar-refractivity contribution in [2.24, 2.45) is 7.05 Å². The first-order valence-corrected chi connectivity index (χ1v) is 19.1. The molecular weight excluding hydrogens is 753 g/mol. The number of aromatic nitrogens is 8. The molecule has 9 atom stereocenters. The molecule has 0 amide bonds. The van der Waals surface area contributed by atoms with Gasteiger partial charge >= 0.3 is 29.1 Å². The fraction of sp³-hybridized carbons (Fsp3) is 0.545. The molecule has 26 nitrogen and oxygen atoms in total. The van der Waals surface area contributed by atoms with Crippen LogP contribution >= 0.6 is 23.5 Å². The maximum atomic E-state index is 12.6. The minimum atomic E-state index is -5.84. The number of anilines is 2. The van der Waals surface area contributed by atoms with Gasteiger partial charge in [0.15, 0.2) is 17.5 Å². The van der Waals surface area contributed by atoms with E-state index < -0.39 is 84.7 Å². The van der Waals surface area contributed by atoms with E-state index >= 15 is 0 Å². The number of fused-ring (bicyclic) bond motifs is 2. The van der Waals surface area contributed by atoms with E-state index in [1.54, 1.807) is 0 Å². The van der Waals surface area contributed by atoms with Crippen molar-refractivity contribution in [3.05, 3.63) is 33.4 Å². The Kier molecular flexibility index (Phi) is 10.1. The summed E-state index contributed by atoms with van der Waals surface area (Å²) < 4.78 is 76.3. The minimum absolute atomic E-state index is 0.00274. The number of nitrogens with two attached hydrogens (primary N) is 2. The number of hydrogen-bond acceptors (Lipinski definition) is 18. The predicted molar refractivity (Wildman–Crippen MR) is 166 cm³/mol. The molecule has 6 heterocycles. The van der Waals surface area contributed by atoms with Crippen LogP contribution in [0.3, 0.4) is 0 Å². The number of imidazole rings is 2. The molecular formula is C22H32N10O16P3+. The first kappa shape index (κ1) is 37.3. The largest absolute Gasteiger partial charge is 0.490 e. The van der Waals surface area contributed by atoms with Gasteiger partial charge in [0.25, 0.3) is 17.1 Å². The number of H-pyrrole nitrogens is 2. The predicted octanol–water partition coefficient (Wildman–Crippen LogP) is -1.83. The van der Waals surface area contributed by atoms with E-state index in [0.29, 0.717) is 6.42 Å². The number of nitrogens with zero attached hydrogens (tertiary/aromatic N) is 6. The van der Waals surface area contributed by atoms with Gasteiger partial charge in [-0.1, -0.05) is 4.98 Å². The highest BCUT2D eigenvalue weighted by atomic mass is 31.3. The molecule has 2 saturated heterocycles. The van der Waals surface area contributed by atoms with E-state index in [9.17, 15) is 43.1 Å². The summed E-state index contributed by atoms with van der Waals surface area (Å²) in [5.41, 5.74) is 10.4. The van der Waals surface area contributed by atoms with Crippen LogP contribution in [0, 0.1) is 0 Å². The first-order valence-electron chi connectivity index (χ1n) is 14.6. The third-order valence-corrected chi connectivity index (χ3v) is 12.0. The Labute approximate surface area is 283 Å². The second-order valence-electron chi connectivity index (χ2n) is 11.2. The lowest BCUT2D eigenvalue weighted by Gasteiger charge is -2.21. The number of aliphatic hydroxyl groups excluding tert-OH is 1. The molecule has 4 aromatic heterocycles. The van der Waals surface area contributed by atoms with E-state index in [4.69, 9.17) is 34.7 Å². The molecule has 280 valence electrons. The Morgan fingerprint density at radius 2 is 1.63 bits per heavy atom. The Balaban J connectivity index is 1.03. The van der Waals surface area contributed by atoms with Crippen LogP contribution in [0.15, 0.2) is 22.2 Å². The van der Waals surface area contributed by atoms with Crippen molar-refractivity contribution in [2.45, 2.75) is 49.7 Å². The van der Waals surface area contributed by atoms with Crippen LogP contribution in [-0.2, 0) is 52.6 Å². The van der Waals surface area contributed by atoms with Crippen molar-refractivity contribution in [1.29, 1.82) is 0 Å². The molecule has 5 unspecified atom stereocenters. The summed E-state index contributed by atoms with van der Waals surface area (Å²) in [5, 5.41) is 10.9. The van der Waals surface area contributed by atoms with Crippen LogP contribution in [0.4, 0.5) is 11.9 Å². The topological polar surface area (TPSA) is 367 Å². The number of ether oxygens (including phenoxy) is 3. The number of nitrogens with one attached hydrogen (secondary N) is 2. The number of nitrogen functional groups attached to an aromatic ring is 2. The van der Waals surface area contributed by atoms with Crippen molar-refractivity contribution in [3.63, 3.8) is 0 Å². The number of aliphatic hydroxyl groups is 1. The third-order valence-electron chi connectivity index (χ3n) is 7.73. The Morgan fingerprint density at radius 3 is 2.31 bits per heavy atom. The summed E-state index contributed by atoms with van der Waals surface area (Å²) in [4.78, 5) is 71.4. The number of aryl methyl sites for hydroxylation is 1. The van der Waals surface area contributed by atoms with Crippen molar-refractivity contribution in [1.82, 2.24) is 34.1 Å². The summed E-state index contributed by atoms with van der Waals surface area (Å²) in [5.74, 6) is -0.379. The van der Waals surface area contributed by atoms with Crippen LogP contribution in [0.1, 0.15) is 25.3 Å². The Hall–Kier alpha value is -3.45. The summed E-state index contributed by atoms with van der Waals surface area (Å²) in [6, 6.07) is 0. The molecule has 2 aliphatic heterocycles. The lowest BCUT2D eigenvalue weighted by molar-refractivity contribution is -0.745. The molecule has 10 N–H and O–H groups in total. The van der Waals surface area contributed by atoms with Gasteiger partial charge in [-0.2, -0.15) is 13.6 Å². The fourth-order valence-electron chi connectivity index (χ4n) is 5.67. The molecule has 2 aliphatic rings. The zero-order valence-electron chi connectivity index (χ0n) is 26.3. The molecule has 6 rings (SSSR count). The van der Waals surface area contributed by atoms with Crippen LogP contribution in [0.2, 0.25) is 0 Å². The van der Waals surface area contributed by atoms with Crippen molar-refractivity contribution in [2.75, 3.05) is 31.8 Å². The summed E-state index contributed by atoms with van der Waals surface area (Å²) in [6.07, 6.45) is -3.65. The van der Waals surface area contributed by atoms with E-state index in [-0.39, 0.29) is 40.6 Å². The van der Waals surface area contributed by atoms with E-state index in [2.05, 4.69) is 33.5 Å². The number of methoxy groups -OCH3 is 1. The highest BCUT2D eigenvalue weighted by Crippen LogP contribution is 2.67. The van der Waals surface area contributed by atoms with E-state index in [1.165, 1.54) is 40.5 Å². The molecule has 0 aliphatic carbocycles. The number of aromatic amines is 2. The lowest BCUT2D eigenvalue weighted by atomic mass is 10.1. The molecule has 0 saturated carbocycles. The van der Waals surface area contributed by atoms with Crippen LogP contribution in [0.5, 0.6) is 0 Å². The smallest absolute Gasteiger partial charge is 0.384 e. The third kappa shape index (κ3) is 7.84. The van der Waals surface area contributed by atoms with E-state index in [0.717, 1.165) is 0 Å². The van der Waals surface area contributed by atoms with Crippen molar-refractivity contribution < 1.29 is 69.9 Å². The highest BCUT2D eigenvalue weighted by Gasteiger charge is 2.50. The second kappa shape index (κ2) is 13.8. The Morgan fingerprint density at radius 1 is 0.980 bits per heavy atom. The average molecular weight is 785 g/mol. The number of phosphoric acid groups is 3.